The maximum absolute atomic E-state index is 4.90. The summed E-state index contributed by atoms with van der Waals surface area (Å²) < 4.78 is 0. The Balaban J connectivity index is 1.78. The van der Waals surface area contributed by atoms with E-state index >= 15 is 0 Å². The Morgan fingerprint density at radius 2 is 1.81 bits per heavy atom. The summed E-state index contributed by atoms with van der Waals surface area (Å²) in [5.74, 6) is 2.07. The maximum atomic E-state index is 4.90. The lowest BCUT2D eigenvalue weighted by Gasteiger charge is -2.36. The monoisotopic (exact) mass is 288 g/mol. The highest BCUT2D eigenvalue weighted by atomic mass is 15.3. The minimum Gasteiger partial charge on any atom is -0.353 e. The van der Waals surface area contributed by atoms with Crippen molar-refractivity contribution < 1.29 is 0 Å². The standard InChI is InChI=1S/C17H28N4/c1-2-15-9-5-8-14-21(15)16-10-11-18-17(19-16)20-12-6-3-4-7-13-20/h10-11,15H,2-9,12-14H2,1H3. The number of nitrogens with zero attached hydrogens (tertiary/aromatic N) is 4. The van der Waals surface area contributed by atoms with Crippen LogP contribution in [0.15, 0.2) is 12.3 Å². The molecule has 0 bridgehead atoms. The highest BCUT2D eigenvalue weighted by molar-refractivity contribution is 5.45. The van der Waals surface area contributed by atoms with Gasteiger partial charge >= 0.3 is 0 Å². The van der Waals surface area contributed by atoms with Crippen LogP contribution in [-0.2, 0) is 0 Å². The van der Waals surface area contributed by atoms with Gasteiger partial charge in [-0.05, 0) is 44.6 Å². The van der Waals surface area contributed by atoms with Crippen LogP contribution < -0.4 is 9.80 Å². The molecular weight excluding hydrogens is 260 g/mol. The van der Waals surface area contributed by atoms with E-state index in [1.165, 1.54) is 51.4 Å². The molecule has 2 fully saturated rings. The van der Waals surface area contributed by atoms with Crippen LogP contribution in [-0.4, -0.2) is 35.6 Å². The summed E-state index contributed by atoms with van der Waals surface area (Å²) >= 11 is 0. The van der Waals surface area contributed by atoms with Gasteiger partial charge in [0.25, 0.3) is 0 Å². The Labute approximate surface area is 128 Å². The first-order valence-corrected chi connectivity index (χ1v) is 8.73. The highest BCUT2D eigenvalue weighted by Gasteiger charge is 2.23. The summed E-state index contributed by atoms with van der Waals surface area (Å²) in [7, 11) is 0. The summed E-state index contributed by atoms with van der Waals surface area (Å²) in [6, 6.07) is 2.75. The minimum absolute atomic E-state index is 0.658. The van der Waals surface area contributed by atoms with Crippen molar-refractivity contribution in [1.82, 2.24) is 9.97 Å². The van der Waals surface area contributed by atoms with Gasteiger partial charge in [-0.25, -0.2) is 4.98 Å². The molecule has 0 spiro atoms. The molecule has 3 heterocycles. The Bertz CT molecular complexity index is 440. The first kappa shape index (κ1) is 14.6. The predicted molar refractivity (Wildman–Crippen MR) is 88.0 cm³/mol. The van der Waals surface area contributed by atoms with Gasteiger partial charge in [0.05, 0.1) is 0 Å². The fourth-order valence-corrected chi connectivity index (χ4v) is 3.65. The fourth-order valence-electron chi connectivity index (χ4n) is 3.65. The van der Waals surface area contributed by atoms with E-state index in [-0.39, 0.29) is 0 Å². The summed E-state index contributed by atoms with van der Waals surface area (Å²) in [4.78, 5) is 14.3. The number of hydrogen-bond acceptors (Lipinski definition) is 4. The average Bonchev–Trinajstić information content (AvgIpc) is 2.84. The Hall–Kier alpha value is -1.32. The van der Waals surface area contributed by atoms with Crippen LogP contribution in [0.25, 0.3) is 0 Å². The number of rotatable bonds is 3. The molecule has 4 nitrogen and oxygen atoms in total. The first-order chi connectivity index (χ1) is 10.4. The maximum Gasteiger partial charge on any atom is 0.227 e. The van der Waals surface area contributed by atoms with Gasteiger partial charge in [0.2, 0.25) is 5.95 Å². The van der Waals surface area contributed by atoms with Crippen molar-refractivity contribution in [3.63, 3.8) is 0 Å². The lowest BCUT2D eigenvalue weighted by Crippen LogP contribution is -2.40. The van der Waals surface area contributed by atoms with Crippen molar-refractivity contribution in [2.75, 3.05) is 29.4 Å². The molecule has 2 aliphatic heterocycles. The molecule has 0 aliphatic carbocycles. The van der Waals surface area contributed by atoms with E-state index in [9.17, 15) is 0 Å². The van der Waals surface area contributed by atoms with E-state index < -0.39 is 0 Å². The number of hydrogen-bond donors (Lipinski definition) is 0. The van der Waals surface area contributed by atoms with E-state index in [4.69, 9.17) is 4.98 Å². The van der Waals surface area contributed by atoms with Crippen LogP contribution in [0.5, 0.6) is 0 Å². The molecule has 1 atom stereocenters. The topological polar surface area (TPSA) is 32.3 Å². The fraction of sp³-hybridized carbons (Fsp3) is 0.765. The van der Waals surface area contributed by atoms with Gasteiger partial charge in [-0.1, -0.05) is 19.8 Å². The van der Waals surface area contributed by atoms with Crippen LogP contribution in [0.4, 0.5) is 11.8 Å². The predicted octanol–water partition coefficient (Wildman–Crippen LogP) is 3.63. The third-order valence-electron chi connectivity index (χ3n) is 4.91. The molecule has 0 amide bonds. The zero-order valence-electron chi connectivity index (χ0n) is 13.3. The first-order valence-electron chi connectivity index (χ1n) is 8.73. The number of anilines is 2. The Morgan fingerprint density at radius 3 is 2.57 bits per heavy atom. The smallest absolute Gasteiger partial charge is 0.227 e. The highest BCUT2D eigenvalue weighted by Crippen LogP contribution is 2.26. The van der Waals surface area contributed by atoms with Crippen molar-refractivity contribution in [3.8, 4) is 0 Å². The quantitative estimate of drug-likeness (QED) is 0.850. The molecule has 2 aliphatic rings. The van der Waals surface area contributed by atoms with Gasteiger partial charge in [0.15, 0.2) is 0 Å². The van der Waals surface area contributed by atoms with Gasteiger partial charge in [-0.3, -0.25) is 0 Å². The molecule has 0 N–H and O–H groups in total. The SMILES string of the molecule is CCC1CCCCN1c1ccnc(N2CCCCCC2)n1. The van der Waals surface area contributed by atoms with Crippen LogP contribution in [0.1, 0.15) is 58.3 Å². The molecule has 116 valence electrons. The molecular formula is C17H28N4. The lowest BCUT2D eigenvalue weighted by molar-refractivity contribution is 0.446. The third-order valence-corrected chi connectivity index (χ3v) is 4.91. The van der Waals surface area contributed by atoms with E-state index in [1.807, 2.05) is 6.20 Å². The van der Waals surface area contributed by atoms with Gasteiger partial charge in [-0.15, -0.1) is 0 Å². The third kappa shape index (κ3) is 3.47. The largest absolute Gasteiger partial charge is 0.353 e. The number of piperidine rings is 1. The van der Waals surface area contributed by atoms with Crippen LogP contribution in [0.3, 0.4) is 0 Å². The van der Waals surface area contributed by atoms with E-state index in [2.05, 4.69) is 27.8 Å². The zero-order chi connectivity index (χ0) is 14.5. The second-order valence-corrected chi connectivity index (χ2v) is 6.37. The molecule has 1 aromatic rings. The van der Waals surface area contributed by atoms with Crippen LogP contribution in [0, 0.1) is 0 Å². The summed E-state index contributed by atoms with van der Waals surface area (Å²) in [6.45, 7) is 5.66. The molecule has 0 radical (unpaired) electrons. The normalized spacial score (nSPS) is 24.0. The van der Waals surface area contributed by atoms with Crippen molar-refractivity contribution in [2.24, 2.45) is 0 Å². The molecule has 21 heavy (non-hydrogen) atoms. The molecule has 2 saturated heterocycles. The van der Waals surface area contributed by atoms with Crippen molar-refractivity contribution in [3.05, 3.63) is 12.3 Å². The van der Waals surface area contributed by atoms with Gasteiger partial charge < -0.3 is 9.80 Å². The van der Waals surface area contributed by atoms with E-state index in [0.29, 0.717) is 6.04 Å². The second kappa shape index (κ2) is 7.10. The van der Waals surface area contributed by atoms with Crippen LogP contribution in [0.2, 0.25) is 0 Å². The average molecular weight is 288 g/mol. The van der Waals surface area contributed by atoms with Crippen LogP contribution >= 0.6 is 0 Å². The molecule has 4 heteroatoms. The Kier molecular flexibility index (Phi) is 4.94. The molecule has 0 aromatic carbocycles. The summed E-state index contributed by atoms with van der Waals surface area (Å²) in [5.41, 5.74) is 0. The molecule has 3 rings (SSSR count). The molecule has 1 aromatic heterocycles. The Morgan fingerprint density at radius 1 is 1.05 bits per heavy atom. The summed E-state index contributed by atoms with van der Waals surface area (Å²) in [6.07, 6.45) is 12.4. The van der Waals surface area contributed by atoms with Gasteiger partial charge in [0, 0.05) is 31.9 Å². The zero-order valence-corrected chi connectivity index (χ0v) is 13.3. The minimum atomic E-state index is 0.658. The molecule has 1 unspecified atom stereocenters. The number of aromatic nitrogens is 2. The molecule has 0 saturated carbocycles. The van der Waals surface area contributed by atoms with Gasteiger partial charge in [0.1, 0.15) is 5.82 Å². The van der Waals surface area contributed by atoms with E-state index in [0.717, 1.165) is 31.4 Å². The van der Waals surface area contributed by atoms with Crippen molar-refractivity contribution >= 4 is 11.8 Å². The van der Waals surface area contributed by atoms with Gasteiger partial charge in [-0.2, -0.15) is 4.98 Å². The lowest BCUT2D eigenvalue weighted by atomic mass is 10.0. The van der Waals surface area contributed by atoms with E-state index in [1.54, 1.807) is 0 Å². The second-order valence-electron chi connectivity index (χ2n) is 6.37. The van der Waals surface area contributed by atoms with Crippen molar-refractivity contribution in [2.45, 2.75) is 64.3 Å². The summed E-state index contributed by atoms with van der Waals surface area (Å²) in [5, 5.41) is 0. The van der Waals surface area contributed by atoms with Crippen molar-refractivity contribution in [1.29, 1.82) is 0 Å².